The first-order chi connectivity index (χ1) is 29.2. The van der Waals surface area contributed by atoms with Crippen LogP contribution >= 0.6 is 0 Å². The van der Waals surface area contributed by atoms with Gasteiger partial charge in [-0.2, -0.15) is 13.2 Å². The second kappa shape index (κ2) is 17.5. The minimum Gasteiger partial charge on any atom is -0.348 e. The second-order valence-electron chi connectivity index (χ2n) is 13.4. The lowest BCUT2D eigenvalue weighted by Crippen LogP contribution is -2.23. The summed E-state index contributed by atoms with van der Waals surface area (Å²) in [6.07, 6.45) is 4.97. The molecular formula is C44H33F3N6O6S2. The summed E-state index contributed by atoms with van der Waals surface area (Å²) in [4.78, 5) is 36.8. The Hall–Kier alpha value is -7.24. The van der Waals surface area contributed by atoms with Crippen molar-refractivity contribution in [2.75, 3.05) is 0 Å². The van der Waals surface area contributed by atoms with Gasteiger partial charge in [0.2, 0.25) is 25.5 Å². The Bertz CT molecular complexity index is 3090. The van der Waals surface area contributed by atoms with Gasteiger partial charge in [-0.3, -0.25) is 19.0 Å². The number of hydrogen-bond donors (Lipinski definition) is 2. The van der Waals surface area contributed by atoms with Gasteiger partial charge in [0.15, 0.2) is 0 Å². The molecule has 3 heterocycles. The highest BCUT2D eigenvalue weighted by molar-refractivity contribution is 7.91. The Morgan fingerprint density at radius 1 is 0.574 bits per heavy atom. The number of pyridine rings is 1. The predicted molar refractivity (Wildman–Crippen MR) is 219 cm³/mol. The summed E-state index contributed by atoms with van der Waals surface area (Å²) in [7, 11) is -7.68. The van der Waals surface area contributed by atoms with E-state index in [1.165, 1.54) is 30.5 Å². The van der Waals surface area contributed by atoms with E-state index in [1.807, 2.05) is 18.2 Å². The van der Waals surface area contributed by atoms with Crippen molar-refractivity contribution in [1.82, 2.24) is 30.0 Å². The van der Waals surface area contributed by atoms with Gasteiger partial charge in [-0.05, 0) is 89.3 Å². The first kappa shape index (κ1) is 41.9. The van der Waals surface area contributed by atoms with Crippen LogP contribution in [0.3, 0.4) is 0 Å². The Labute approximate surface area is 347 Å². The molecule has 308 valence electrons. The number of carbonyl (C=O) groups is 2. The highest BCUT2D eigenvalue weighted by Crippen LogP contribution is 2.32. The number of imidazole rings is 1. The quantitative estimate of drug-likeness (QED) is 0.141. The number of fused-ring (bicyclic) bond motifs is 2. The van der Waals surface area contributed by atoms with Crippen molar-refractivity contribution in [3.63, 3.8) is 0 Å². The highest BCUT2D eigenvalue weighted by atomic mass is 32.2. The third-order valence-electron chi connectivity index (χ3n) is 9.31. The average Bonchev–Trinajstić information content (AvgIpc) is 3.76. The van der Waals surface area contributed by atoms with Crippen molar-refractivity contribution in [1.29, 1.82) is 0 Å². The molecule has 2 amide bonds. The summed E-state index contributed by atoms with van der Waals surface area (Å²) in [6.45, 7) is 0.420. The molecule has 12 nitrogen and oxygen atoms in total. The zero-order valence-electron chi connectivity index (χ0n) is 31.7. The molecule has 17 heteroatoms. The fourth-order valence-electron chi connectivity index (χ4n) is 6.01. The first-order valence-corrected chi connectivity index (χ1v) is 21.2. The number of alkyl halides is 3. The smallest absolute Gasteiger partial charge is 0.348 e. The summed E-state index contributed by atoms with van der Waals surface area (Å²) in [5.74, 6) is -0.113. The van der Waals surface area contributed by atoms with E-state index >= 15 is 0 Å². The minimum absolute atomic E-state index is 0.116. The Balaban J connectivity index is 0.000000185. The summed E-state index contributed by atoms with van der Waals surface area (Å²) in [5.41, 5.74) is 1.26. The average molecular weight is 863 g/mol. The molecule has 0 aliphatic heterocycles. The molecule has 8 rings (SSSR count). The van der Waals surface area contributed by atoms with Gasteiger partial charge in [0, 0.05) is 61.2 Å². The van der Waals surface area contributed by atoms with Gasteiger partial charge in [0.25, 0.3) is 11.8 Å². The highest BCUT2D eigenvalue weighted by Gasteiger charge is 2.32. The number of hydrogen-bond acceptors (Lipinski definition) is 9. The number of sulfone groups is 2. The zero-order chi connectivity index (χ0) is 43.2. The van der Waals surface area contributed by atoms with E-state index < -0.39 is 36.3 Å². The van der Waals surface area contributed by atoms with Crippen LogP contribution in [0.4, 0.5) is 13.2 Å². The number of halogens is 3. The van der Waals surface area contributed by atoms with Crippen LogP contribution in [0.5, 0.6) is 0 Å². The van der Waals surface area contributed by atoms with Crippen LogP contribution in [0.25, 0.3) is 16.6 Å². The van der Waals surface area contributed by atoms with E-state index in [2.05, 4.69) is 25.6 Å². The second-order valence-corrected chi connectivity index (χ2v) is 17.3. The number of benzene rings is 5. The molecule has 2 N–H and O–H groups in total. The van der Waals surface area contributed by atoms with Crippen molar-refractivity contribution < 1.29 is 39.6 Å². The Kier molecular flexibility index (Phi) is 12.1. The maximum atomic E-state index is 12.9. The van der Waals surface area contributed by atoms with E-state index in [0.717, 1.165) is 34.5 Å². The molecule has 0 fully saturated rings. The molecule has 0 atom stereocenters. The van der Waals surface area contributed by atoms with Gasteiger partial charge in [0.05, 0.1) is 30.7 Å². The van der Waals surface area contributed by atoms with Crippen LogP contribution in [-0.4, -0.2) is 48.0 Å². The van der Waals surface area contributed by atoms with Gasteiger partial charge in [-0.1, -0.05) is 54.6 Å². The van der Waals surface area contributed by atoms with Gasteiger partial charge in [-0.15, -0.1) is 0 Å². The van der Waals surface area contributed by atoms with Crippen molar-refractivity contribution >= 4 is 48.0 Å². The molecule has 61 heavy (non-hydrogen) atoms. The lowest BCUT2D eigenvalue weighted by atomic mass is 10.1. The molecule has 0 bridgehead atoms. The lowest BCUT2D eigenvalue weighted by Gasteiger charge is -2.10. The standard InChI is InChI=1S/C23H18N2O3S.C21H15F3N4O3S/c26-23(19-8-9-20-16-24-13-12-18(20)14-19)25-15-17-6-10-22(11-7-17)29(27,28)21-4-2-1-3-5-21;22-21(23,24)16-2-1-3-18(10-16)32(30,31)17-6-4-14(5-7-17)11-26-19(29)15-12-27-20-25-8-9-28(20)13-15/h1-14,16H,15H2,(H,25,26);1-10,12-13H,11H2,(H,26,29). The molecule has 8 aromatic rings. The number of rotatable bonds is 10. The van der Waals surface area contributed by atoms with E-state index in [4.69, 9.17) is 0 Å². The van der Waals surface area contributed by atoms with Crippen molar-refractivity contribution in [2.45, 2.75) is 38.8 Å². The predicted octanol–water partition coefficient (Wildman–Crippen LogP) is 7.51. The maximum absolute atomic E-state index is 12.9. The molecule has 5 aromatic carbocycles. The van der Waals surface area contributed by atoms with E-state index in [0.29, 0.717) is 35.1 Å². The van der Waals surface area contributed by atoms with Crippen molar-refractivity contribution in [3.8, 4) is 0 Å². The van der Waals surface area contributed by atoms with Gasteiger partial charge >= 0.3 is 6.18 Å². The summed E-state index contributed by atoms with van der Waals surface area (Å²) < 4.78 is 91.0. The lowest BCUT2D eigenvalue weighted by molar-refractivity contribution is -0.137. The van der Waals surface area contributed by atoms with Gasteiger partial charge in [0.1, 0.15) is 0 Å². The molecule has 3 aromatic heterocycles. The van der Waals surface area contributed by atoms with Crippen LogP contribution < -0.4 is 10.6 Å². The number of nitrogens with one attached hydrogen (secondary N) is 2. The Morgan fingerprint density at radius 3 is 1.80 bits per heavy atom. The van der Waals surface area contributed by atoms with Crippen molar-refractivity contribution in [2.24, 2.45) is 0 Å². The number of carbonyl (C=O) groups excluding carboxylic acids is 2. The van der Waals surface area contributed by atoms with Crippen LogP contribution in [0.1, 0.15) is 37.4 Å². The fourth-order valence-corrected chi connectivity index (χ4v) is 8.60. The zero-order valence-corrected chi connectivity index (χ0v) is 33.3. The largest absolute Gasteiger partial charge is 0.416 e. The topological polar surface area (TPSA) is 170 Å². The van der Waals surface area contributed by atoms with E-state index in [9.17, 15) is 39.6 Å². The normalized spacial score (nSPS) is 11.7. The molecule has 0 spiro atoms. The summed E-state index contributed by atoms with van der Waals surface area (Å²) in [5, 5.41) is 7.48. The van der Waals surface area contributed by atoms with Crippen molar-refractivity contribution in [3.05, 3.63) is 192 Å². The van der Waals surface area contributed by atoms with Crippen LogP contribution in [0, 0.1) is 0 Å². The van der Waals surface area contributed by atoms with Crippen LogP contribution in [0.2, 0.25) is 0 Å². The molecule has 0 saturated carbocycles. The molecule has 0 aliphatic carbocycles. The third-order valence-corrected chi connectivity index (χ3v) is 12.9. The monoisotopic (exact) mass is 862 g/mol. The summed E-state index contributed by atoms with van der Waals surface area (Å²) >= 11 is 0. The number of nitrogens with zero attached hydrogens (tertiary/aromatic N) is 4. The van der Waals surface area contributed by atoms with E-state index in [1.54, 1.807) is 96.0 Å². The van der Waals surface area contributed by atoms with Crippen LogP contribution in [-0.2, 0) is 38.9 Å². The first-order valence-electron chi connectivity index (χ1n) is 18.3. The molecule has 0 unspecified atom stereocenters. The summed E-state index contributed by atoms with van der Waals surface area (Å²) in [6, 6.07) is 31.3. The molecule has 0 saturated heterocycles. The van der Waals surface area contributed by atoms with Gasteiger partial charge in [-0.25, -0.2) is 26.8 Å². The molecule has 0 aliphatic rings. The molecule has 0 radical (unpaired) electrons. The minimum atomic E-state index is -4.65. The number of aromatic nitrogens is 4. The third kappa shape index (κ3) is 9.80. The maximum Gasteiger partial charge on any atom is 0.416 e. The fraction of sp³-hybridized carbons (Fsp3) is 0.0682. The number of amides is 2. The van der Waals surface area contributed by atoms with E-state index in [-0.39, 0.29) is 33.0 Å². The van der Waals surface area contributed by atoms with Gasteiger partial charge < -0.3 is 10.6 Å². The SMILES string of the molecule is O=C(NCc1ccc(S(=O)(=O)c2cccc(C(F)(F)F)c2)cc1)c1cnc2nccn2c1.O=C(NCc1ccc(S(=O)(=O)c2ccccc2)cc1)c1ccc2cnccc2c1. The Morgan fingerprint density at radius 2 is 1.16 bits per heavy atom. The van der Waals surface area contributed by atoms with Crippen LogP contribution in [0.15, 0.2) is 184 Å². The molecular weight excluding hydrogens is 830 g/mol.